The minimum Gasteiger partial charge on any atom is -0.371 e. The Kier molecular flexibility index (Phi) is 9.11. The van der Waals surface area contributed by atoms with Gasteiger partial charge in [-0.1, -0.05) is 18.2 Å². The molecular formula is C42H45N11O4. The lowest BCUT2D eigenvalue weighted by Crippen LogP contribution is -2.57. The van der Waals surface area contributed by atoms with Gasteiger partial charge in [-0.3, -0.25) is 34.3 Å². The van der Waals surface area contributed by atoms with E-state index in [0.717, 1.165) is 89.2 Å². The highest BCUT2D eigenvalue weighted by Crippen LogP contribution is 2.34. The number of aryl methyl sites for hydroxylation is 3. The maximum Gasteiger partial charge on any atom is 0.262 e. The van der Waals surface area contributed by atoms with Crippen LogP contribution in [0.5, 0.6) is 0 Å². The van der Waals surface area contributed by atoms with Crippen molar-refractivity contribution in [3.8, 4) is 0 Å². The summed E-state index contributed by atoms with van der Waals surface area (Å²) in [5.74, 6) is -0.228. The Hall–Kier alpha value is -6.35. The number of piperidine rings is 1. The summed E-state index contributed by atoms with van der Waals surface area (Å²) in [5.41, 5.74) is 7.66. The second-order valence-corrected chi connectivity index (χ2v) is 15.7. The second kappa shape index (κ2) is 14.3. The van der Waals surface area contributed by atoms with Gasteiger partial charge in [0, 0.05) is 93.6 Å². The zero-order valence-electron chi connectivity index (χ0n) is 32.5. The average Bonchev–Trinajstić information content (AvgIpc) is 3.62. The predicted octanol–water partition coefficient (Wildman–Crippen LogP) is 4.52. The number of aromatic nitrogens is 4. The monoisotopic (exact) mass is 767 g/mol. The van der Waals surface area contributed by atoms with Crippen LogP contribution in [0.1, 0.15) is 51.6 Å². The van der Waals surface area contributed by atoms with Gasteiger partial charge in [0.05, 0.1) is 16.5 Å². The standard InChI is InChI=1S/C42H45N11O4/c1-24-6-5-7-25(2)36(24)46-37-33-19-43-42(47-38(33)49(4)48-37)44-28-8-10-29(11-9-28)52-17-16-50(20-26(52)3)21-27-22-51(23-27)30-12-13-31-32(18-30)41(57)53(40(31)56)34-14-15-35(54)45-39(34)55/h5-13,18-19,26-27,34H,14-17,20-23H2,1-4H3,(H,46,48)(H,43,44,47)(H,45,54,55)/t26-,34?/m1/s1. The third-order valence-corrected chi connectivity index (χ3v) is 11.7. The van der Waals surface area contributed by atoms with Gasteiger partial charge in [-0.25, -0.2) is 9.67 Å². The van der Waals surface area contributed by atoms with E-state index in [1.807, 2.05) is 25.4 Å². The Morgan fingerprint density at radius 3 is 2.33 bits per heavy atom. The van der Waals surface area contributed by atoms with Crippen molar-refractivity contribution in [1.82, 2.24) is 34.9 Å². The SMILES string of the molecule is Cc1cccc(C)c1Nc1nn(C)c2nc(Nc3ccc(N4CCN(CC5CN(c6ccc7c(c6)C(=O)N(C6CCC(=O)NC6=O)C7=O)C5)C[C@H]4C)cc3)ncc12. The maximum absolute atomic E-state index is 13.3. The zero-order chi connectivity index (χ0) is 39.5. The number of carbonyl (C=O) groups excluding carboxylic acids is 4. The second-order valence-electron chi connectivity index (χ2n) is 15.7. The number of para-hydroxylation sites is 1. The van der Waals surface area contributed by atoms with Crippen molar-refractivity contribution < 1.29 is 19.2 Å². The average molecular weight is 768 g/mol. The normalized spacial score (nSPS) is 20.2. The van der Waals surface area contributed by atoms with E-state index in [1.54, 1.807) is 16.8 Å². The first-order valence-corrected chi connectivity index (χ1v) is 19.5. The Bertz CT molecular complexity index is 2420. The van der Waals surface area contributed by atoms with E-state index in [2.05, 4.69) is 92.8 Å². The number of carbonyl (C=O) groups is 4. The van der Waals surface area contributed by atoms with Gasteiger partial charge < -0.3 is 20.4 Å². The summed E-state index contributed by atoms with van der Waals surface area (Å²) < 4.78 is 1.77. The van der Waals surface area contributed by atoms with Crippen LogP contribution in [0.4, 0.5) is 34.5 Å². The first-order valence-electron chi connectivity index (χ1n) is 19.5. The first-order chi connectivity index (χ1) is 27.5. The number of imide groups is 2. The molecule has 4 amide bonds. The summed E-state index contributed by atoms with van der Waals surface area (Å²) >= 11 is 0. The molecule has 0 bridgehead atoms. The van der Waals surface area contributed by atoms with Gasteiger partial charge in [-0.05, 0) is 80.8 Å². The molecular weight excluding hydrogens is 723 g/mol. The molecule has 0 aliphatic carbocycles. The van der Waals surface area contributed by atoms with Crippen molar-refractivity contribution in [2.75, 3.05) is 59.7 Å². The highest BCUT2D eigenvalue weighted by atomic mass is 16.2. The van der Waals surface area contributed by atoms with Gasteiger partial charge in [0.2, 0.25) is 17.8 Å². The number of nitrogens with zero attached hydrogens (tertiary/aromatic N) is 8. The smallest absolute Gasteiger partial charge is 0.262 e. The minimum absolute atomic E-state index is 0.0978. The molecule has 3 aromatic carbocycles. The number of anilines is 6. The quantitative estimate of drug-likeness (QED) is 0.180. The molecule has 2 aromatic heterocycles. The lowest BCUT2D eigenvalue weighted by Gasteiger charge is -2.46. The molecule has 2 atom stereocenters. The third-order valence-electron chi connectivity index (χ3n) is 11.7. The molecule has 1 unspecified atom stereocenters. The van der Waals surface area contributed by atoms with Crippen molar-refractivity contribution in [1.29, 1.82) is 0 Å². The van der Waals surface area contributed by atoms with E-state index in [9.17, 15) is 19.2 Å². The molecule has 9 rings (SSSR count). The molecule has 15 heteroatoms. The molecule has 0 spiro atoms. The largest absolute Gasteiger partial charge is 0.371 e. The Balaban J connectivity index is 0.769. The number of rotatable bonds is 9. The lowest BCUT2D eigenvalue weighted by molar-refractivity contribution is -0.136. The van der Waals surface area contributed by atoms with Gasteiger partial charge >= 0.3 is 0 Å². The van der Waals surface area contributed by atoms with Crippen LogP contribution >= 0.6 is 0 Å². The topological polar surface area (TPSA) is 161 Å². The molecule has 3 saturated heterocycles. The number of hydrogen-bond donors (Lipinski definition) is 3. The molecule has 5 aromatic rings. The van der Waals surface area contributed by atoms with Crippen LogP contribution in [-0.2, 0) is 16.6 Å². The molecule has 4 aliphatic rings. The fourth-order valence-corrected chi connectivity index (χ4v) is 8.69. The molecule has 57 heavy (non-hydrogen) atoms. The van der Waals surface area contributed by atoms with Crippen molar-refractivity contribution in [3.05, 3.63) is 89.1 Å². The number of fused-ring (bicyclic) bond motifs is 2. The van der Waals surface area contributed by atoms with E-state index in [4.69, 9.17) is 10.1 Å². The van der Waals surface area contributed by atoms with E-state index in [0.29, 0.717) is 29.0 Å². The molecule has 0 saturated carbocycles. The number of nitrogens with one attached hydrogen (secondary N) is 3. The Labute approximate surface area is 330 Å². The summed E-state index contributed by atoms with van der Waals surface area (Å²) in [6.07, 6.45) is 2.05. The van der Waals surface area contributed by atoms with Gasteiger partial charge in [-0.2, -0.15) is 10.1 Å². The summed E-state index contributed by atoms with van der Waals surface area (Å²) in [7, 11) is 1.89. The van der Waals surface area contributed by atoms with Gasteiger partial charge in [0.15, 0.2) is 11.5 Å². The molecule has 3 fully saturated rings. The molecule has 0 radical (unpaired) electrons. The molecule has 3 N–H and O–H groups in total. The highest BCUT2D eigenvalue weighted by molar-refractivity contribution is 6.23. The van der Waals surface area contributed by atoms with E-state index < -0.39 is 23.8 Å². The van der Waals surface area contributed by atoms with Gasteiger partial charge in [0.1, 0.15) is 6.04 Å². The lowest BCUT2D eigenvalue weighted by atomic mass is 9.96. The van der Waals surface area contributed by atoms with E-state index in [1.165, 1.54) is 5.69 Å². The molecule has 4 aliphatic heterocycles. The number of piperazine rings is 1. The number of amides is 4. The van der Waals surface area contributed by atoms with Gasteiger partial charge in [-0.15, -0.1) is 0 Å². The van der Waals surface area contributed by atoms with E-state index >= 15 is 0 Å². The predicted molar refractivity (Wildman–Crippen MR) is 217 cm³/mol. The zero-order valence-corrected chi connectivity index (χ0v) is 32.5. The van der Waals surface area contributed by atoms with Crippen LogP contribution < -0.4 is 25.8 Å². The Morgan fingerprint density at radius 1 is 0.860 bits per heavy atom. The highest BCUT2D eigenvalue weighted by Gasteiger charge is 2.45. The summed E-state index contributed by atoms with van der Waals surface area (Å²) in [6, 6.07) is 19.3. The summed E-state index contributed by atoms with van der Waals surface area (Å²) in [4.78, 5) is 68.1. The summed E-state index contributed by atoms with van der Waals surface area (Å²) in [6.45, 7) is 12.0. The van der Waals surface area contributed by atoms with Crippen LogP contribution in [0.15, 0.2) is 66.9 Å². The van der Waals surface area contributed by atoms with Crippen LogP contribution in [0, 0.1) is 19.8 Å². The van der Waals surface area contributed by atoms with Crippen molar-refractivity contribution in [2.45, 2.75) is 45.7 Å². The van der Waals surface area contributed by atoms with Crippen molar-refractivity contribution >= 4 is 69.2 Å². The fraction of sp³-hybridized carbons (Fsp3) is 0.357. The minimum atomic E-state index is -0.965. The van der Waals surface area contributed by atoms with Gasteiger partial charge in [0.25, 0.3) is 11.8 Å². The first kappa shape index (κ1) is 36.3. The fourth-order valence-electron chi connectivity index (χ4n) is 8.69. The van der Waals surface area contributed by atoms with E-state index in [-0.39, 0.29) is 18.7 Å². The Morgan fingerprint density at radius 2 is 1.60 bits per heavy atom. The molecule has 292 valence electrons. The molecule has 6 heterocycles. The summed E-state index contributed by atoms with van der Waals surface area (Å²) in [5, 5.41) is 14.6. The number of benzene rings is 3. The van der Waals surface area contributed by atoms with Crippen LogP contribution in [-0.4, -0.2) is 105 Å². The van der Waals surface area contributed by atoms with Crippen LogP contribution in [0.25, 0.3) is 11.0 Å². The van der Waals surface area contributed by atoms with Crippen molar-refractivity contribution in [3.63, 3.8) is 0 Å². The number of hydrogen-bond acceptors (Lipinski definition) is 12. The molecule has 15 nitrogen and oxygen atoms in total. The van der Waals surface area contributed by atoms with Crippen molar-refractivity contribution in [2.24, 2.45) is 13.0 Å². The maximum atomic E-state index is 13.3. The third kappa shape index (κ3) is 6.71. The van der Waals surface area contributed by atoms with Crippen LogP contribution in [0.3, 0.4) is 0 Å². The van der Waals surface area contributed by atoms with Crippen LogP contribution in [0.2, 0.25) is 0 Å².